The number of aliphatic hydroxyl groups is 18. The van der Waals surface area contributed by atoms with Gasteiger partial charge in [-0.1, -0.05) is 147 Å². The molecular formula is C62H116Bi2N4O18. The minimum absolute atomic E-state index is 0. The number of piperidine rings is 3. The van der Waals surface area contributed by atoms with Gasteiger partial charge in [-0.25, -0.2) is 0 Å². The van der Waals surface area contributed by atoms with Gasteiger partial charge in [0.1, 0.15) is 0 Å². The minimum atomic E-state index is -1.34. The fraction of sp³-hybridized carbons (Fsp3) is 0.935. The van der Waals surface area contributed by atoms with Gasteiger partial charge in [0.05, 0.1) is 36.6 Å². The van der Waals surface area contributed by atoms with Crippen molar-refractivity contribution in [3.63, 3.8) is 0 Å². The van der Waals surface area contributed by atoms with E-state index in [1.165, 1.54) is 63.5 Å². The van der Waals surface area contributed by atoms with E-state index in [2.05, 4.69) is 39.5 Å². The second kappa shape index (κ2) is 49.7. The second-order valence-electron chi connectivity index (χ2n) is 24.8. The molecule has 15 unspecified atom stereocenters. The predicted octanol–water partition coefficient (Wildman–Crippen LogP) is 3.91. The Balaban J connectivity index is 0.000000491. The molecule has 3 saturated heterocycles. The van der Waals surface area contributed by atoms with Gasteiger partial charge in [0.2, 0.25) is 0 Å². The first kappa shape index (κ1) is 84.2. The van der Waals surface area contributed by atoms with Crippen molar-refractivity contribution in [2.45, 2.75) is 304 Å². The van der Waals surface area contributed by atoms with Crippen LogP contribution in [0.15, 0.2) is 23.9 Å². The molecule has 9 fully saturated rings. The molecule has 4 aliphatic heterocycles. The summed E-state index contributed by atoms with van der Waals surface area (Å²) in [4.78, 5) is 0. The molecule has 18 N–H and O–H groups in total. The number of hydrogen-bond donors (Lipinski definition) is 18. The first-order chi connectivity index (χ1) is 40.2. The van der Waals surface area contributed by atoms with E-state index >= 15 is 0 Å². The van der Waals surface area contributed by atoms with Crippen LogP contribution in [0.5, 0.6) is 0 Å². The van der Waals surface area contributed by atoms with Crippen molar-refractivity contribution in [2.24, 2.45) is 35.5 Å². The third-order valence-corrected chi connectivity index (χ3v) is 18.3. The van der Waals surface area contributed by atoms with E-state index < -0.39 is 74.4 Å². The van der Waals surface area contributed by atoms with Gasteiger partial charge in [0.15, 0.2) is 37.7 Å². The Kier molecular flexibility index (Phi) is 48.7. The molecular weight excluding hydrogens is 1510 g/mol. The molecule has 6 saturated carbocycles. The number of aliphatic hydroxyl groups excluding tert-OH is 12. The fourth-order valence-electron chi connectivity index (χ4n) is 12.9. The Bertz CT molecular complexity index is 1450. The van der Waals surface area contributed by atoms with Crippen LogP contribution in [0, 0.1) is 35.5 Å². The summed E-state index contributed by atoms with van der Waals surface area (Å²) in [6.07, 6.45) is 27.6. The number of allylic oxidation sites excluding steroid dienone is 2. The molecule has 22 nitrogen and oxygen atoms in total. The fourth-order valence-corrected chi connectivity index (χ4v) is 12.9. The summed E-state index contributed by atoms with van der Waals surface area (Å²) in [5.74, 6) is -1.87. The van der Waals surface area contributed by atoms with Crippen molar-refractivity contribution in [1.29, 1.82) is 0 Å². The zero-order valence-corrected chi connectivity index (χ0v) is 58.2. The van der Waals surface area contributed by atoms with E-state index in [0.29, 0.717) is 56.7 Å². The summed E-state index contributed by atoms with van der Waals surface area (Å²) < 4.78 is 0. The summed E-state index contributed by atoms with van der Waals surface area (Å²) in [5.41, 5.74) is 1.19. The normalized spacial score (nSPS) is 33.7. The summed E-state index contributed by atoms with van der Waals surface area (Å²) in [6.45, 7) is 4.06. The molecule has 6 radical (unpaired) electrons. The van der Waals surface area contributed by atoms with Crippen molar-refractivity contribution < 1.29 is 91.9 Å². The minimum Gasteiger partial charge on any atom is -0.686 e. The van der Waals surface area contributed by atoms with E-state index in [4.69, 9.17) is 61.3 Å². The zero-order chi connectivity index (χ0) is 61.8. The van der Waals surface area contributed by atoms with Crippen LogP contribution in [0.1, 0.15) is 212 Å². The van der Waals surface area contributed by atoms with E-state index in [9.17, 15) is 30.6 Å². The summed E-state index contributed by atoms with van der Waals surface area (Å²) in [6, 6.07) is 1.60. The average Bonchev–Trinajstić information content (AvgIpc) is 3.57. The molecule has 4 heterocycles. The third-order valence-electron chi connectivity index (χ3n) is 18.3. The first-order valence-electron chi connectivity index (χ1n) is 32.5. The summed E-state index contributed by atoms with van der Waals surface area (Å²) in [7, 11) is 0. The number of rotatable bonds is 8. The standard InChI is InChI=1S/C10H18N2.C10H14N2.6C7H14O3.2Bi/c2*1-3-7-11-9(5-1)10-6-2-4-8-12-10;6*8-6-4-2-1-3-5(6)7(9)10;;/h9-10H,1-8H2;1,3,5,10H,2,4,6-8H2;6*5-10H,1-4H2;;/q2*-2;;;;;;;2*+2. The quantitative estimate of drug-likeness (QED) is 0.121. The van der Waals surface area contributed by atoms with E-state index in [0.717, 1.165) is 142 Å². The van der Waals surface area contributed by atoms with Gasteiger partial charge in [0, 0.05) is 35.5 Å². The van der Waals surface area contributed by atoms with Gasteiger partial charge in [-0.2, -0.15) is 17.8 Å². The molecule has 10 aliphatic rings. The van der Waals surface area contributed by atoms with Crippen LogP contribution < -0.4 is 0 Å². The van der Waals surface area contributed by atoms with Crippen LogP contribution >= 0.6 is 0 Å². The van der Waals surface area contributed by atoms with Crippen LogP contribution in [0.3, 0.4) is 0 Å². The zero-order valence-electron chi connectivity index (χ0n) is 51.3. The van der Waals surface area contributed by atoms with Gasteiger partial charge in [0.25, 0.3) is 0 Å². The average molecular weight is 1620 g/mol. The Hall–Kier alpha value is 0.206. The first-order valence-corrected chi connectivity index (χ1v) is 32.5. The van der Waals surface area contributed by atoms with Crippen LogP contribution in [-0.2, 0) is 0 Å². The molecule has 502 valence electrons. The van der Waals surface area contributed by atoms with E-state index in [1.807, 2.05) is 0 Å². The molecule has 0 aromatic carbocycles. The molecule has 0 amide bonds. The molecule has 0 spiro atoms. The molecule has 86 heavy (non-hydrogen) atoms. The smallest absolute Gasteiger partial charge is 0.686 e. The molecule has 15 atom stereocenters. The maximum atomic E-state index is 9.22. The van der Waals surface area contributed by atoms with Crippen LogP contribution in [0.2, 0.25) is 0 Å². The largest absolute Gasteiger partial charge is 2.00 e. The SMILES string of the molecule is C1=CC[N-]C(C2CCCC[N-]2)=C1.C1CCC(C2CCCC[N-]2)[N-]C1.OC(O)C1CCCCC1O.OC(O)C1CCCCC1O.OC(O)C1CCCCC1O.OC(O)C1CCCCC1O.OC(O)C1CCCCC1O.OC(O)C1CCCCC1O.[Bi+2].[Bi+2]. The Morgan fingerprint density at radius 2 is 0.523 bits per heavy atom. The van der Waals surface area contributed by atoms with Gasteiger partial charge in [-0.15, -0.1) is 38.3 Å². The van der Waals surface area contributed by atoms with Gasteiger partial charge >= 0.3 is 52.4 Å². The number of nitrogens with zero attached hydrogens (tertiary/aromatic N) is 4. The maximum absolute atomic E-state index is 9.22. The summed E-state index contributed by atoms with van der Waals surface area (Å²) in [5, 5.41) is 179. The number of hydrogen-bond acceptors (Lipinski definition) is 18. The predicted molar refractivity (Wildman–Crippen MR) is 332 cm³/mol. The molecule has 6 aliphatic carbocycles. The van der Waals surface area contributed by atoms with E-state index in [-0.39, 0.29) is 87.9 Å². The van der Waals surface area contributed by atoms with Crippen LogP contribution in [-0.4, -0.2) is 263 Å². The van der Waals surface area contributed by atoms with Crippen molar-refractivity contribution in [1.82, 2.24) is 0 Å². The van der Waals surface area contributed by atoms with E-state index in [1.54, 1.807) is 0 Å². The second-order valence-corrected chi connectivity index (χ2v) is 24.8. The Morgan fingerprint density at radius 3 is 0.698 bits per heavy atom. The maximum Gasteiger partial charge on any atom is 2.00 e. The molecule has 0 aromatic rings. The van der Waals surface area contributed by atoms with Crippen LogP contribution in [0.4, 0.5) is 0 Å². The summed E-state index contributed by atoms with van der Waals surface area (Å²) >= 11 is 0. The molecule has 10 rings (SSSR count). The molecule has 0 aromatic heterocycles. The third kappa shape index (κ3) is 34.4. The Labute approximate surface area is 552 Å². The van der Waals surface area contributed by atoms with Gasteiger partial charge < -0.3 is 113 Å². The van der Waals surface area contributed by atoms with Crippen molar-refractivity contribution in [3.05, 3.63) is 45.2 Å². The van der Waals surface area contributed by atoms with Gasteiger partial charge in [-0.3, -0.25) is 0 Å². The molecule has 24 heteroatoms. The Morgan fingerprint density at radius 1 is 0.291 bits per heavy atom. The van der Waals surface area contributed by atoms with Crippen molar-refractivity contribution in [2.75, 3.05) is 26.2 Å². The van der Waals surface area contributed by atoms with Crippen molar-refractivity contribution >= 4 is 52.4 Å². The topological polar surface area (TPSA) is 421 Å². The monoisotopic (exact) mass is 1620 g/mol. The van der Waals surface area contributed by atoms with Crippen molar-refractivity contribution in [3.8, 4) is 0 Å². The van der Waals surface area contributed by atoms with Gasteiger partial charge in [-0.05, 0) is 77.0 Å². The van der Waals surface area contributed by atoms with Crippen LogP contribution in [0.25, 0.3) is 21.3 Å². The molecule has 0 bridgehead atoms.